The summed E-state index contributed by atoms with van der Waals surface area (Å²) in [5.74, 6) is -1.69. The highest BCUT2D eigenvalue weighted by Crippen LogP contribution is 2.31. The molecule has 0 bridgehead atoms. The largest absolute Gasteiger partial charge is 0.349 e. The predicted molar refractivity (Wildman–Crippen MR) is 113 cm³/mol. The number of carbonyl (C=O) groups is 2. The van der Waals surface area contributed by atoms with Crippen LogP contribution in [0.5, 0.6) is 0 Å². The van der Waals surface area contributed by atoms with Crippen molar-refractivity contribution in [2.24, 2.45) is 0 Å². The predicted octanol–water partition coefficient (Wildman–Crippen LogP) is 4.03. The van der Waals surface area contributed by atoms with E-state index in [1.54, 1.807) is 18.2 Å². The maximum Gasteiger partial charge on any atom is 0.280 e. The molecule has 0 saturated carbocycles. The highest BCUT2D eigenvalue weighted by Gasteiger charge is 2.36. The zero-order valence-corrected chi connectivity index (χ0v) is 18.0. The van der Waals surface area contributed by atoms with Gasteiger partial charge in [-0.3, -0.25) is 19.5 Å². The van der Waals surface area contributed by atoms with Crippen LogP contribution in [-0.4, -0.2) is 31.9 Å². The van der Waals surface area contributed by atoms with Gasteiger partial charge in [-0.1, -0.05) is 22.2 Å². The van der Waals surface area contributed by atoms with Crippen molar-refractivity contribution in [3.63, 3.8) is 0 Å². The van der Waals surface area contributed by atoms with Crippen LogP contribution < -0.4 is 10.2 Å². The van der Waals surface area contributed by atoms with Crippen molar-refractivity contribution < 1.29 is 14.0 Å². The minimum atomic E-state index is -1.15. The summed E-state index contributed by atoms with van der Waals surface area (Å²) >= 11 is 6.97. The average Bonchev–Trinajstić information content (AvgIpc) is 3.22. The first kappa shape index (κ1) is 21.8. The molecule has 1 atom stereocenters. The molecule has 7 nitrogen and oxygen atoms in total. The maximum atomic E-state index is 13.8. The van der Waals surface area contributed by atoms with Gasteiger partial charge in [0.15, 0.2) is 11.7 Å². The van der Waals surface area contributed by atoms with E-state index in [0.29, 0.717) is 5.69 Å². The van der Waals surface area contributed by atoms with Crippen molar-refractivity contribution in [1.82, 2.24) is 19.9 Å². The minimum absolute atomic E-state index is 0.0462. The van der Waals surface area contributed by atoms with Gasteiger partial charge in [-0.15, -0.1) is 5.10 Å². The minimum Gasteiger partial charge on any atom is -0.349 e. The fraction of sp³-hybridized carbons (Fsp3) is 0.250. The molecule has 156 valence electrons. The van der Waals surface area contributed by atoms with Gasteiger partial charge in [0.05, 0.1) is 10.7 Å². The SMILES string of the molecule is CC(C)(C)NC(=O)[C@H](c1ccccn1)N(C(=O)c1csnn1)c1ccc(F)c(Cl)c1. The number of aromatic nitrogens is 3. The summed E-state index contributed by atoms with van der Waals surface area (Å²) in [5, 5.41) is 8.00. The zero-order valence-electron chi connectivity index (χ0n) is 16.5. The Morgan fingerprint density at radius 2 is 2.00 bits per heavy atom. The fourth-order valence-corrected chi connectivity index (χ4v) is 3.36. The summed E-state index contributed by atoms with van der Waals surface area (Å²) < 4.78 is 17.5. The van der Waals surface area contributed by atoms with E-state index in [4.69, 9.17) is 11.6 Å². The van der Waals surface area contributed by atoms with Crippen LogP contribution in [0.2, 0.25) is 5.02 Å². The van der Waals surface area contributed by atoms with E-state index in [9.17, 15) is 14.0 Å². The van der Waals surface area contributed by atoms with Gasteiger partial charge in [0, 0.05) is 22.8 Å². The fourth-order valence-electron chi connectivity index (χ4n) is 2.76. The normalized spacial score (nSPS) is 12.3. The first-order valence-corrected chi connectivity index (χ1v) is 10.2. The lowest BCUT2D eigenvalue weighted by atomic mass is 10.0. The summed E-state index contributed by atoms with van der Waals surface area (Å²) in [6, 6.07) is 7.69. The Morgan fingerprint density at radius 3 is 2.57 bits per heavy atom. The second-order valence-corrected chi connectivity index (χ2v) is 8.48. The van der Waals surface area contributed by atoms with E-state index in [0.717, 1.165) is 17.6 Å². The molecule has 3 rings (SSSR count). The molecule has 3 aromatic rings. The van der Waals surface area contributed by atoms with Gasteiger partial charge in [0.1, 0.15) is 5.82 Å². The van der Waals surface area contributed by atoms with Crippen LogP contribution in [0.4, 0.5) is 10.1 Å². The van der Waals surface area contributed by atoms with E-state index in [-0.39, 0.29) is 16.4 Å². The number of carbonyl (C=O) groups excluding carboxylic acids is 2. The Labute approximate surface area is 182 Å². The highest BCUT2D eigenvalue weighted by molar-refractivity contribution is 7.03. The Morgan fingerprint density at radius 1 is 1.23 bits per heavy atom. The Kier molecular flexibility index (Phi) is 6.42. The van der Waals surface area contributed by atoms with Crippen LogP contribution in [0.15, 0.2) is 48.0 Å². The molecular weight excluding hydrogens is 429 g/mol. The third-order valence-corrected chi connectivity index (χ3v) is 4.75. The van der Waals surface area contributed by atoms with Crippen molar-refractivity contribution in [1.29, 1.82) is 0 Å². The number of pyridine rings is 1. The van der Waals surface area contributed by atoms with Crippen molar-refractivity contribution in [3.05, 3.63) is 70.2 Å². The van der Waals surface area contributed by atoms with Crippen molar-refractivity contribution in [3.8, 4) is 0 Å². The van der Waals surface area contributed by atoms with E-state index < -0.39 is 29.2 Å². The molecule has 0 aliphatic rings. The van der Waals surface area contributed by atoms with E-state index in [1.807, 2.05) is 20.8 Å². The number of nitrogens with zero attached hydrogens (tertiary/aromatic N) is 4. The number of hydrogen-bond donors (Lipinski definition) is 1. The molecule has 0 aliphatic carbocycles. The molecule has 10 heteroatoms. The number of hydrogen-bond acceptors (Lipinski definition) is 6. The topological polar surface area (TPSA) is 88.1 Å². The molecule has 0 aliphatic heterocycles. The third-order valence-electron chi connectivity index (χ3n) is 3.95. The second kappa shape index (κ2) is 8.85. The molecule has 0 spiro atoms. The number of rotatable bonds is 5. The molecule has 0 radical (unpaired) electrons. The van der Waals surface area contributed by atoms with Crippen LogP contribution >= 0.6 is 23.1 Å². The zero-order chi connectivity index (χ0) is 21.9. The van der Waals surface area contributed by atoms with Crippen LogP contribution in [0.25, 0.3) is 0 Å². The highest BCUT2D eigenvalue weighted by atomic mass is 35.5. The molecule has 2 amide bonds. The molecule has 30 heavy (non-hydrogen) atoms. The first-order chi connectivity index (χ1) is 14.2. The van der Waals surface area contributed by atoms with Gasteiger partial charge >= 0.3 is 0 Å². The van der Waals surface area contributed by atoms with Crippen LogP contribution in [0.1, 0.15) is 43.0 Å². The van der Waals surface area contributed by atoms with Gasteiger partial charge in [0.25, 0.3) is 5.91 Å². The smallest absolute Gasteiger partial charge is 0.280 e. The van der Waals surface area contributed by atoms with E-state index in [1.165, 1.54) is 28.6 Å². The van der Waals surface area contributed by atoms with Gasteiger partial charge in [-0.25, -0.2) is 4.39 Å². The molecule has 0 fully saturated rings. The quantitative estimate of drug-likeness (QED) is 0.638. The van der Waals surface area contributed by atoms with Gasteiger partial charge in [-0.05, 0) is 62.6 Å². The Hall–Kier alpha value is -2.91. The third kappa shape index (κ3) is 4.98. The number of nitrogens with one attached hydrogen (secondary N) is 1. The lowest BCUT2D eigenvalue weighted by Gasteiger charge is -2.32. The maximum absolute atomic E-state index is 13.8. The van der Waals surface area contributed by atoms with Gasteiger partial charge in [0.2, 0.25) is 5.91 Å². The lowest BCUT2D eigenvalue weighted by molar-refractivity contribution is -0.124. The van der Waals surface area contributed by atoms with E-state index in [2.05, 4.69) is 19.9 Å². The van der Waals surface area contributed by atoms with Gasteiger partial charge in [-0.2, -0.15) is 0 Å². The van der Waals surface area contributed by atoms with Crippen LogP contribution in [-0.2, 0) is 4.79 Å². The number of amides is 2. The molecule has 0 unspecified atom stereocenters. The van der Waals surface area contributed by atoms with Crippen molar-refractivity contribution in [2.75, 3.05) is 4.90 Å². The standard InChI is InChI=1S/C20H19ClFN5O2S/c1-20(2,3)24-18(28)17(15-6-4-5-9-23-15)27(19(29)16-11-30-26-25-16)12-7-8-14(22)13(21)10-12/h4-11,17H,1-3H3,(H,24,28)/t17-/m0/s1. The summed E-state index contributed by atoms with van der Waals surface area (Å²) in [4.78, 5) is 32.2. The summed E-state index contributed by atoms with van der Waals surface area (Å²) in [6.45, 7) is 5.48. The lowest BCUT2D eigenvalue weighted by Crippen LogP contribution is -2.49. The summed E-state index contributed by atoms with van der Waals surface area (Å²) in [6.07, 6.45) is 1.53. The summed E-state index contributed by atoms with van der Waals surface area (Å²) in [7, 11) is 0. The molecule has 1 N–H and O–H groups in total. The van der Waals surface area contributed by atoms with E-state index >= 15 is 0 Å². The Balaban J connectivity index is 2.18. The molecule has 2 heterocycles. The van der Waals surface area contributed by atoms with Crippen molar-refractivity contribution >= 4 is 40.6 Å². The van der Waals surface area contributed by atoms with Crippen molar-refractivity contribution in [2.45, 2.75) is 32.4 Å². The second-order valence-electron chi connectivity index (χ2n) is 7.46. The number of halogens is 2. The monoisotopic (exact) mass is 447 g/mol. The molecule has 1 aromatic carbocycles. The van der Waals surface area contributed by atoms with Gasteiger partial charge < -0.3 is 5.32 Å². The van der Waals surface area contributed by atoms with Crippen LogP contribution in [0.3, 0.4) is 0 Å². The van der Waals surface area contributed by atoms with Crippen LogP contribution in [0, 0.1) is 5.82 Å². The summed E-state index contributed by atoms with van der Waals surface area (Å²) in [5.41, 5.74) is 0.0295. The average molecular weight is 448 g/mol. The molecule has 0 saturated heterocycles. The number of anilines is 1. The first-order valence-electron chi connectivity index (χ1n) is 8.96. The number of benzene rings is 1. The molecule has 2 aromatic heterocycles. The Bertz CT molecular complexity index is 1040. The molecular formula is C20H19ClFN5O2S.